The summed E-state index contributed by atoms with van der Waals surface area (Å²) >= 11 is 0. The second kappa shape index (κ2) is 15.6. The third-order valence-electron chi connectivity index (χ3n) is 10.3. The molecular weight excluding hydrogens is 679 g/mol. The number of β-amino-alcohol motifs (C(OH)–C–C–N with tert-alkyl or cyclic N) is 1. The molecule has 11 nitrogen and oxygen atoms in total. The summed E-state index contributed by atoms with van der Waals surface area (Å²) in [6, 6.07) is 22.2. The molecule has 54 heavy (non-hydrogen) atoms. The number of nitrogens with one attached hydrogen (secondary N) is 2. The van der Waals surface area contributed by atoms with Crippen molar-refractivity contribution in [3.05, 3.63) is 113 Å². The Morgan fingerprint density at radius 1 is 1.07 bits per heavy atom. The van der Waals surface area contributed by atoms with Crippen molar-refractivity contribution in [3.63, 3.8) is 0 Å². The van der Waals surface area contributed by atoms with Gasteiger partial charge in [-0.25, -0.2) is 9.97 Å². The van der Waals surface area contributed by atoms with Crippen molar-refractivity contribution in [1.82, 2.24) is 25.2 Å². The number of aromatic nitrogens is 3. The number of nitrogens with zero attached hydrogens (tertiary/aromatic N) is 5. The van der Waals surface area contributed by atoms with Crippen LogP contribution in [0.5, 0.6) is 0 Å². The summed E-state index contributed by atoms with van der Waals surface area (Å²) in [5.41, 5.74) is 10.6. The first-order valence-electron chi connectivity index (χ1n) is 18.1. The zero-order chi connectivity index (χ0) is 37.9. The highest BCUT2D eigenvalue weighted by Crippen LogP contribution is 2.37. The van der Waals surface area contributed by atoms with E-state index in [2.05, 4.69) is 58.3 Å². The molecule has 0 amide bonds. The maximum Gasteiger partial charge on any atom is 0.310 e. The van der Waals surface area contributed by atoms with E-state index in [-0.39, 0.29) is 6.10 Å². The molecule has 4 heterocycles. The van der Waals surface area contributed by atoms with Crippen LogP contribution in [0.2, 0.25) is 0 Å². The van der Waals surface area contributed by atoms with Crippen LogP contribution >= 0.6 is 0 Å². The molecule has 1 aliphatic rings. The molecule has 3 aromatic carbocycles. The number of carboxylic acids is 1. The number of likely N-dealkylation sites (tertiary alicyclic amines) is 1. The van der Waals surface area contributed by atoms with Crippen molar-refractivity contribution < 1.29 is 19.4 Å². The van der Waals surface area contributed by atoms with E-state index in [0.29, 0.717) is 60.0 Å². The Morgan fingerprint density at radius 3 is 2.59 bits per heavy atom. The van der Waals surface area contributed by atoms with Gasteiger partial charge in [0.2, 0.25) is 5.89 Å². The van der Waals surface area contributed by atoms with Gasteiger partial charge in [0.05, 0.1) is 17.6 Å². The molecule has 0 radical (unpaired) electrons. The second-order valence-corrected chi connectivity index (χ2v) is 14.2. The molecule has 1 saturated heterocycles. The van der Waals surface area contributed by atoms with Crippen LogP contribution in [-0.2, 0) is 17.9 Å². The van der Waals surface area contributed by atoms with Crippen LogP contribution in [0.1, 0.15) is 47.6 Å². The number of nitriles is 1. The minimum atomic E-state index is -0.881. The number of oxazole rings is 1. The number of aliphatic hydroxyl groups is 1. The molecule has 0 spiro atoms. The smallest absolute Gasteiger partial charge is 0.310 e. The largest absolute Gasteiger partial charge is 0.481 e. The predicted molar refractivity (Wildman–Crippen MR) is 210 cm³/mol. The summed E-state index contributed by atoms with van der Waals surface area (Å²) in [5.74, 6) is -0.390. The average molecular weight is 722 g/mol. The highest BCUT2D eigenvalue weighted by atomic mass is 16.4. The fourth-order valence-corrected chi connectivity index (χ4v) is 7.30. The van der Waals surface area contributed by atoms with Gasteiger partial charge in [0.25, 0.3) is 0 Å². The van der Waals surface area contributed by atoms with Crippen LogP contribution in [0, 0.1) is 31.1 Å². The average Bonchev–Trinajstić information content (AvgIpc) is 3.77. The lowest BCUT2D eigenvalue weighted by Gasteiger charge is -2.17. The van der Waals surface area contributed by atoms with Crippen molar-refractivity contribution in [3.8, 4) is 28.7 Å². The van der Waals surface area contributed by atoms with Gasteiger partial charge in [0, 0.05) is 55.2 Å². The highest BCUT2D eigenvalue weighted by molar-refractivity contribution is 5.91. The Balaban J connectivity index is 1.12. The number of hydrogen-bond acceptors (Lipinski definition) is 10. The van der Waals surface area contributed by atoms with E-state index < -0.39 is 11.9 Å². The minimum Gasteiger partial charge on any atom is -0.481 e. The fraction of sp³-hybridized carbons (Fsp3) is 0.279. The first kappa shape index (κ1) is 36.4. The summed E-state index contributed by atoms with van der Waals surface area (Å²) < 4.78 is 6.27. The van der Waals surface area contributed by atoms with Gasteiger partial charge in [-0.3, -0.25) is 14.7 Å². The lowest BCUT2D eigenvalue weighted by molar-refractivity contribution is -0.140. The zero-order valence-electron chi connectivity index (χ0n) is 30.7. The zero-order valence-corrected chi connectivity index (χ0v) is 30.7. The van der Waals surface area contributed by atoms with Crippen molar-refractivity contribution in [2.24, 2.45) is 5.92 Å². The summed E-state index contributed by atoms with van der Waals surface area (Å²) in [6.07, 6.45) is 4.66. The number of hydrogen-bond donors (Lipinski definition) is 4. The summed E-state index contributed by atoms with van der Waals surface area (Å²) in [7, 11) is 0. The fourth-order valence-electron chi connectivity index (χ4n) is 7.30. The van der Waals surface area contributed by atoms with E-state index in [9.17, 15) is 20.3 Å². The Kier molecular flexibility index (Phi) is 10.5. The summed E-state index contributed by atoms with van der Waals surface area (Å²) in [6.45, 7) is 12.9. The number of carboxylic acid groups (broad SMARTS) is 1. The number of aliphatic hydroxyl groups excluding tert-OH is 1. The van der Waals surface area contributed by atoms with Gasteiger partial charge in [0.1, 0.15) is 17.1 Å². The van der Waals surface area contributed by atoms with Crippen molar-refractivity contribution in [2.45, 2.75) is 52.8 Å². The van der Waals surface area contributed by atoms with Gasteiger partial charge >= 0.3 is 5.97 Å². The van der Waals surface area contributed by atoms with Gasteiger partial charge in [0.15, 0.2) is 11.4 Å². The molecule has 0 bridgehead atoms. The number of carbonyl (C=O) groups is 1. The molecule has 1 aliphatic heterocycles. The van der Waals surface area contributed by atoms with E-state index in [1.54, 1.807) is 19.2 Å². The number of rotatable bonds is 13. The molecule has 2 atom stereocenters. The molecule has 11 heteroatoms. The van der Waals surface area contributed by atoms with E-state index in [1.807, 2.05) is 49.5 Å². The Hall–Kier alpha value is -5.93. The monoisotopic (exact) mass is 721 g/mol. The van der Waals surface area contributed by atoms with Crippen LogP contribution in [0.4, 0.5) is 11.5 Å². The normalized spacial score (nSPS) is 15.1. The van der Waals surface area contributed by atoms with E-state index in [4.69, 9.17) is 14.4 Å². The summed E-state index contributed by atoms with van der Waals surface area (Å²) in [5, 5.41) is 37.2. The summed E-state index contributed by atoms with van der Waals surface area (Å²) in [4.78, 5) is 28.1. The molecule has 7 rings (SSSR count). The topological polar surface area (TPSA) is 160 Å². The Labute approximate surface area is 314 Å². The minimum absolute atomic E-state index is 0.257. The quantitative estimate of drug-likeness (QED) is 0.0685. The first-order chi connectivity index (χ1) is 26.1. The van der Waals surface area contributed by atoms with Crippen LogP contribution in [0.3, 0.4) is 0 Å². The molecular formula is C43H43N7O4. The van der Waals surface area contributed by atoms with Crippen molar-refractivity contribution in [1.29, 1.82) is 5.26 Å². The highest BCUT2D eigenvalue weighted by Gasteiger charge is 2.22. The maximum absolute atomic E-state index is 11.5. The number of anilines is 2. The van der Waals surface area contributed by atoms with Gasteiger partial charge in [-0.05, 0) is 110 Å². The number of benzene rings is 3. The van der Waals surface area contributed by atoms with Gasteiger partial charge in [-0.15, -0.1) is 0 Å². The van der Waals surface area contributed by atoms with Gasteiger partial charge in [-0.1, -0.05) is 36.4 Å². The third-order valence-corrected chi connectivity index (χ3v) is 10.3. The molecule has 4 N–H and O–H groups in total. The number of pyridine rings is 2. The molecule has 1 fully saturated rings. The third kappa shape index (κ3) is 7.59. The lowest BCUT2D eigenvalue weighted by Crippen LogP contribution is -2.22. The lowest BCUT2D eigenvalue weighted by atomic mass is 9.93. The maximum atomic E-state index is 11.5. The molecule has 0 aliphatic carbocycles. The standard InChI is InChI=1S/C43H43N7O4/c1-25(2)33(43(52)53)12-14-45-21-28-17-31(20-44)40-38(19-28)49-42(54-40)36-9-5-7-34(26(36)3)35-8-6-10-37(27(35)4)48-41-39-30(11-15-46-41)18-29(22-47-39)23-50-16-13-32(51)24-50/h5-11,15,17-19,22,32-33,45,51H,1,12-14,16,21,23-24H2,2-4H3,(H,46,48)(H,52,53)/t32-,33?/m1/s1. The molecule has 3 aromatic heterocycles. The SMILES string of the molecule is C=C(C)C(CCNCc1cc(C#N)c2oc(-c3cccc(-c4cccc(Nc5nccc6cc(CN7CC[C@@H](O)C7)cnc56)c4C)c3C)nc2c1)C(=O)O. The van der Waals surface area contributed by atoms with E-state index >= 15 is 0 Å². The molecule has 6 aromatic rings. The van der Waals surface area contributed by atoms with Crippen molar-refractivity contribution >= 4 is 39.5 Å². The second-order valence-electron chi connectivity index (χ2n) is 14.2. The molecule has 0 saturated carbocycles. The molecule has 274 valence electrons. The van der Waals surface area contributed by atoms with Crippen LogP contribution < -0.4 is 10.6 Å². The van der Waals surface area contributed by atoms with Gasteiger partial charge < -0.3 is 25.3 Å². The Bertz CT molecular complexity index is 2420. The van der Waals surface area contributed by atoms with Crippen LogP contribution in [0.15, 0.2) is 89.6 Å². The number of aliphatic carboxylic acids is 1. The van der Waals surface area contributed by atoms with Crippen LogP contribution in [0.25, 0.3) is 44.6 Å². The number of fused-ring (bicyclic) bond motifs is 2. The first-order valence-corrected chi connectivity index (χ1v) is 18.1. The van der Waals surface area contributed by atoms with E-state index in [1.165, 1.54) is 0 Å². The molecule has 1 unspecified atom stereocenters. The predicted octanol–water partition coefficient (Wildman–Crippen LogP) is 7.66. The Morgan fingerprint density at radius 2 is 1.85 bits per heavy atom. The van der Waals surface area contributed by atoms with E-state index in [0.717, 1.165) is 75.0 Å². The van der Waals surface area contributed by atoms with Crippen molar-refractivity contribution in [2.75, 3.05) is 25.0 Å². The van der Waals surface area contributed by atoms with Crippen LogP contribution in [-0.4, -0.2) is 61.8 Å². The van der Waals surface area contributed by atoms with Gasteiger partial charge in [-0.2, -0.15) is 5.26 Å².